The first-order valence-corrected chi connectivity index (χ1v) is 10.9. The third-order valence-corrected chi connectivity index (χ3v) is 6.28. The Morgan fingerprint density at radius 1 is 0.933 bits per heavy atom. The zero-order chi connectivity index (χ0) is 20.5. The quantitative estimate of drug-likeness (QED) is 0.592. The van der Waals surface area contributed by atoms with Crippen molar-refractivity contribution in [3.63, 3.8) is 0 Å². The number of likely N-dealkylation sites (tertiary alicyclic amines) is 1. The van der Waals surface area contributed by atoms with Crippen molar-refractivity contribution in [1.82, 2.24) is 19.9 Å². The second-order valence-corrected chi connectivity index (χ2v) is 8.55. The van der Waals surface area contributed by atoms with Gasteiger partial charge in [-0.3, -0.25) is 9.78 Å². The van der Waals surface area contributed by atoms with Crippen LogP contribution in [0.2, 0.25) is 5.02 Å². The van der Waals surface area contributed by atoms with Gasteiger partial charge in [0.1, 0.15) is 5.82 Å². The second kappa shape index (κ2) is 8.15. The molecule has 1 amide bonds. The maximum Gasteiger partial charge on any atom is 0.253 e. The van der Waals surface area contributed by atoms with Crippen molar-refractivity contribution in [2.75, 3.05) is 13.1 Å². The van der Waals surface area contributed by atoms with Crippen molar-refractivity contribution in [1.29, 1.82) is 0 Å². The van der Waals surface area contributed by atoms with Crippen LogP contribution in [0, 0.1) is 0 Å². The molecule has 0 radical (unpaired) electrons. The molecule has 5 rings (SSSR count). The molecule has 152 valence electrons. The summed E-state index contributed by atoms with van der Waals surface area (Å²) < 4.78 is 0. The van der Waals surface area contributed by atoms with E-state index in [0.29, 0.717) is 22.4 Å². The van der Waals surface area contributed by atoms with Gasteiger partial charge < -0.3 is 4.90 Å². The van der Waals surface area contributed by atoms with Gasteiger partial charge in [-0.05, 0) is 67.6 Å². The summed E-state index contributed by atoms with van der Waals surface area (Å²) in [5.41, 5.74) is 4.00. The van der Waals surface area contributed by atoms with Crippen LogP contribution in [0.3, 0.4) is 0 Å². The maximum atomic E-state index is 12.8. The summed E-state index contributed by atoms with van der Waals surface area (Å²) in [6.45, 7) is 1.45. The van der Waals surface area contributed by atoms with Crippen LogP contribution >= 0.6 is 11.6 Å². The molecule has 1 aromatic carbocycles. The van der Waals surface area contributed by atoms with Gasteiger partial charge in [-0.25, -0.2) is 9.97 Å². The first kappa shape index (κ1) is 19.2. The van der Waals surface area contributed by atoms with Gasteiger partial charge in [-0.15, -0.1) is 0 Å². The molecule has 0 bridgehead atoms. The Kier molecular flexibility index (Phi) is 5.21. The molecule has 5 nitrogen and oxygen atoms in total. The van der Waals surface area contributed by atoms with E-state index in [1.807, 2.05) is 23.2 Å². The average molecular weight is 419 g/mol. The standard InChI is InChI=1S/C24H23ClN4O/c25-20-5-3-19(4-6-20)24(30)29-13-9-17(10-14-29)22-21(16-7-11-26-12-8-16)15-27-23(28-22)18-1-2-18/h3-8,11-12,15,17-18H,1-2,9-10,13-14H2. The molecule has 0 spiro atoms. The number of piperidine rings is 1. The lowest BCUT2D eigenvalue weighted by atomic mass is 9.88. The van der Waals surface area contributed by atoms with Crippen LogP contribution in [0.1, 0.15) is 59.4 Å². The fraction of sp³-hybridized carbons (Fsp3) is 0.333. The highest BCUT2D eigenvalue weighted by atomic mass is 35.5. The van der Waals surface area contributed by atoms with E-state index in [2.05, 4.69) is 9.97 Å². The molecule has 1 aliphatic heterocycles. The Morgan fingerprint density at radius 2 is 1.63 bits per heavy atom. The monoisotopic (exact) mass is 418 g/mol. The Bertz CT molecular complexity index is 1040. The minimum Gasteiger partial charge on any atom is -0.339 e. The zero-order valence-electron chi connectivity index (χ0n) is 16.7. The molecular formula is C24H23ClN4O. The van der Waals surface area contributed by atoms with Gasteiger partial charge >= 0.3 is 0 Å². The van der Waals surface area contributed by atoms with E-state index >= 15 is 0 Å². The van der Waals surface area contributed by atoms with Crippen molar-refractivity contribution in [2.45, 2.75) is 37.5 Å². The summed E-state index contributed by atoms with van der Waals surface area (Å²) in [5, 5.41) is 0.643. The molecule has 1 saturated heterocycles. The highest BCUT2D eigenvalue weighted by molar-refractivity contribution is 6.30. The fourth-order valence-electron chi connectivity index (χ4n) is 4.14. The van der Waals surface area contributed by atoms with Gasteiger partial charge in [-0.2, -0.15) is 0 Å². The van der Waals surface area contributed by atoms with Crippen molar-refractivity contribution in [3.8, 4) is 11.1 Å². The summed E-state index contributed by atoms with van der Waals surface area (Å²) >= 11 is 5.95. The molecule has 3 aromatic rings. The minimum atomic E-state index is 0.0702. The van der Waals surface area contributed by atoms with Crippen LogP contribution in [0.5, 0.6) is 0 Å². The van der Waals surface area contributed by atoms with Crippen molar-refractivity contribution in [2.24, 2.45) is 0 Å². The van der Waals surface area contributed by atoms with E-state index in [1.165, 1.54) is 12.8 Å². The number of benzene rings is 1. The molecule has 3 heterocycles. The lowest BCUT2D eigenvalue weighted by Crippen LogP contribution is -2.38. The predicted molar refractivity (Wildman–Crippen MR) is 117 cm³/mol. The second-order valence-electron chi connectivity index (χ2n) is 8.11. The highest BCUT2D eigenvalue weighted by Crippen LogP contribution is 2.40. The van der Waals surface area contributed by atoms with Gasteiger partial charge in [0.15, 0.2) is 0 Å². The van der Waals surface area contributed by atoms with Gasteiger partial charge in [0.05, 0.1) is 5.69 Å². The number of carbonyl (C=O) groups excluding carboxylic acids is 1. The summed E-state index contributed by atoms with van der Waals surface area (Å²) in [6.07, 6.45) is 9.76. The van der Waals surface area contributed by atoms with E-state index in [-0.39, 0.29) is 5.91 Å². The Hall–Kier alpha value is -2.79. The fourth-order valence-corrected chi connectivity index (χ4v) is 4.27. The first-order valence-electron chi connectivity index (χ1n) is 10.5. The first-order chi connectivity index (χ1) is 14.7. The Labute approximate surface area is 181 Å². The molecule has 6 heteroatoms. The maximum absolute atomic E-state index is 12.8. The molecule has 0 N–H and O–H groups in total. The van der Waals surface area contributed by atoms with Crippen LogP contribution in [0.25, 0.3) is 11.1 Å². The number of carbonyl (C=O) groups is 1. The largest absolute Gasteiger partial charge is 0.339 e. The number of hydrogen-bond acceptors (Lipinski definition) is 4. The molecule has 1 saturated carbocycles. The Balaban J connectivity index is 1.37. The summed E-state index contributed by atoms with van der Waals surface area (Å²) in [5.74, 6) is 1.88. The van der Waals surface area contributed by atoms with Crippen LogP contribution in [-0.4, -0.2) is 38.8 Å². The van der Waals surface area contributed by atoms with E-state index in [4.69, 9.17) is 16.6 Å². The average Bonchev–Trinajstić information content (AvgIpc) is 3.65. The minimum absolute atomic E-state index is 0.0702. The smallest absolute Gasteiger partial charge is 0.253 e. The number of hydrogen-bond donors (Lipinski definition) is 0. The van der Waals surface area contributed by atoms with Crippen molar-refractivity contribution < 1.29 is 4.79 Å². The van der Waals surface area contributed by atoms with Gasteiger partial charge in [-0.1, -0.05) is 11.6 Å². The predicted octanol–water partition coefficient (Wildman–Crippen LogP) is 5.09. The number of aromatic nitrogens is 3. The lowest BCUT2D eigenvalue weighted by Gasteiger charge is -2.32. The number of pyridine rings is 1. The summed E-state index contributed by atoms with van der Waals surface area (Å²) in [7, 11) is 0. The molecule has 1 aliphatic carbocycles. The highest BCUT2D eigenvalue weighted by Gasteiger charge is 2.31. The molecular weight excluding hydrogens is 396 g/mol. The van der Waals surface area contributed by atoms with E-state index in [0.717, 1.165) is 48.6 Å². The molecule has 0 unspecified atom stereocenters. The summed E-state index contributed by atoms with van der Waals surface area (Å²) in [4.78, 5) is 28.6. The topological polar surface area (TPSA) is 59.0 Å². The number of nitrogens with zero attached hydrogens (tertiary/aromatic N) is 4. The molecule has 0 atom stereocenters. The molecule has 30 heavy (non-hydrogen) atoms. The molecule has 2 fully saturated rings. The van der Waals surface area contributed by atoms with E-state index in [9.17, 15) is 4.79 Å². The van der Waals surface area contributed by atoms with E-state index < -0.39 is 0 Å². The molecule has 2 aromatic heterocycles. The lowest BCUT2D eigenvalue weighted by molar-refractivity contribution is 0.0712. The van der Waals surface area contributed by atoms with Gasteiger partial charge in [0.2, 0.25) is 0 Å². The SMILES string of the molecule is O=C(c1ccc(Cl)cc1)N1CCC(c2nc(C3CC3)ncc2-c2ccncc2)CC1. The number of rotatable bonds is 4. The Morgan fingerprint density at radius 3 is 2.30 bits per heavy atom. The van der Waals surface area contributed by atoms with Crippen LogP contribution in [0.4, 0.5) is 0 Å². The third kappa shape index (κ3) is 3.94. The number of halogens is 1. The van der Waals surface area contributed by atoms with Crippen LogP contribution in [0.15, 0.2) is 55.0 Å². The molecule has 2 aliphatic rings. The van der Waals surface area contributed by atoms with E-state index in [1.54, 1.807) is 36.7 Å². The van der Waals surface area contributed by atoms with Gasteiger partial charge in [0, 0.05) is 59.7 Å². The zero-order valence-corrected chi connectivity index (χ0v) is 17.4. The van der Waals surface area contributed by atoms with Crippen molar-refractivity contribution in [3.05, 3.63) is 77.1 Å². The van der Waals surface area contributed by atoms with Gasteiger partial charge in [0.25, 0.3) is 5.91 Å². The summed E-state index contributed by atoms with van der Waals surface area (Å²) in [6, 6.07) is 11.2. The van der Waals surface area contributed by atoms with Crippen molar-refractivity contribution >= 4 is 17.5 Å². The number of amides is 1. The van der Waals surface area contributed by atoms with Crippen LogP contribution in [-0.2, 0) is 0 Å². The third-order valence-electron chi connectivity index (χ3n) is 6.03. The normalized spacial score (nSPS) is 17.2. The van der Waals surface area contributed by atoms with Crippen LogP contribution < -0.4 is 0 Å².